The Morgan fingerprint density at radius 3 is 1.57 bits per heavy atom. The van der Waals surface area contributed by atoms with Crippen LogP contribution in [0, 0.1) is 0 Å². The molecule has 4 N–H and O–H groups in total. The van der Waals surface area contributed by atoms with Crippen LogP contribution in [-0.2, 0) is 14.4 Å². The van der Waals surface area contributed by atoms with Gasteiger partial charge in [-0.3, -0.25) is 19.2 Å². The molecule has 28 heavy (non-hydrogen) atoms. The number of carbonyl (C=O) groups excluding carboxylic acids is 4. The third-order valence-corrected chi connectivity index (χ3v) is 3.58. The highest BCUT2D eigenvalue weighted by Gasteiger charge is 2.11. The number of anilines is 4. The Kier molecular flexibility index (Phi) is 6.86. The van der Waals surface area contributed by atoms with E-state index in [1.54, 1.807) is 37.3 Å². The highest BCUT2D eigenvalue weighted by Crippen LogP contribution is 2.21. The average Bonchev–Trinajstić information content (AvgIpc) is 2.61. The van der Waals surface area contributed by atoms with E-state index in [4.69, 9.17) is 0 Å². The van der Waals surface area contributed by atoms with E-state index in [1.807, 2.05) is 0 Å². The standard InChI is InChI=1S/C20H22N4O4/c1-4-19(27)23-15-5-7-16(8-6-15)24-20(28)14-9-17(21-12(2)25)11-18(10-14)22-13(3)26/h5-11H,4H2,1-3H3,(H,21,25)(H,22,26)(H,23,27)(H,24,28). The first-order valence-electron chi connectivity index (χ1n) is 8.68. The Hall–Kier alpha value is -3.68. The quantitative estimate of drug-likeness (QED) is 0.614. The highest BCUT2D eigenvalue weighted by atomic mass is 16.2. The summed E-state index contributed by atoms with van der Waals surface area (Å²) in [5.74, 6) is -1.10. The highest BCUT2D eigenvalue weighted by molar-refractivity contribution is 6.07. The molecule has 2 aromatic carbocycles. The van der Waals surface area contributed by atoms with Crippen molar-refractivity contribution in [3.8, 4) is 0 Å². The fourth-order valence-electron chi connectivity index (χ4n) is 2.40. The number of rotatable bonds is 6. The van der Waals surface area contributed by atoms with Crippen molar-refractivity contribution < 1.29 is 19.2 Å². The molecule has 0 aliphatic rings. The second-order valence-electron chi connectivity index (χ2n) is 6.09. The fraction of sp³-hybridized carbons (Fsp3) is 0.200. The minimum atomic E-state index is -0.413. The van der Waals surface area contributed by atoms with Crippen molar-refractivity contribution in [3.63, 3.8) is 0 Å². The number of amides is 4. The van der Waals surface area contributed by atoms with E-state index in [0.29, 0.717) is 29.2 Å². The van der Waals surface area contributed by atoms with Gasteiger partial charge in [-0.15, -0.1) is 0 Å². The van der Waals surface area contributed by atoms with E-state index >= 15 is 0 Å². The number of benzene rings is 2. The summed E-state index contributed by atoms with van der Waals surface area (Å²) >= 11 is 0. The van der Waals surface area contributed by atoms with Crippen molar-refractivity contribution in [2.24, 2.45) is 0 Å². The van der Waals surface area contributed by atoms with Crippen LogP contribution in [0.5, 0.6) is 0 Å². The summed E-state index contributed by atoms with van der Waals surface area (Å²) in [7, 11) is 0. The molecule has 8 nitrogen and oxygen atoms in total. The van der Waals surface area contributed by atoms with Crippen LogP contribution >= 0.6 is 0 Å². The average molecular weight is 382 g/mol. The Balaban J connectivity index is 2.19. The molecule has 0 atom stereocenters. The Labute approximate surface area is 162 Å². The van der Waals surface area contributed by atoms with Gasteiger partial charge in [-0.1, -0.05) is 6.92 Å². The van der Waals surface area contributed by atoms with Crippen molar-refractivity contribution in [2.75, 3.05) is 21.3 Å². The molecule has 8 heteroatoms. The van der Waals surface area contributed by atoms with Crippen LogP contribution in [0.15, 0.2) is 42.5 Å². The normalized spacial score (nSPS) is 9.96. The molecule has 4 amide bonds. The van der Waals surface area contributed by atoms with Gasteiger partial charge in [-0.25, -0.2) is 0 Å². The SMILES string of the molecule is CCC(=O)Nc1ccc(NC(=O)c2cc(NC(C)=O)cc(NC(C)=O)c2)cc1. The number of hydrogen-bond acceptors (Lipinski definition) is 4. The summed E-state index contributed by atoms with van der Waals surface area (Å²) in [6.45, 7) is 4.46. The summed E-state index contributed by atoms with van der Waals surface area (Å²) < 4.78 is 0. The molecule has 0 radical (unpaired) electrons. The van der Waals surface area contributed by atoms with Gasteiger partial charge in [0, 0.05) is 48.6 Å². The van der Waals surface area contributed by atoms with Crippen molar-refractivity contribution in [2.45, 2.75) is 27.2 Å². The maximum Gasteiger partial charge on any atom is 0.255 e. The van der Waals surface area contributed by atoms with Crippen LogP contribution in [0.3, 0.4) is 0 Å². The van der Waals surface area contributed by atoms with E-state index < -0.39 is 5.91 Å². The zero-order valence-corrected chi connectivity index (χ0v) is 15.9. The van der Waals surface area contributed by atoms with Gasteiger partial charge >= 0.3 is 0 Å². The second kappa shape index (κ2) is 9.31. The van der Waals surface area contributed by atoms with E-state index in [2.05, 4.69) is 21.3 Å². The molecule has 0 fully saturated rings. The molecular formula is C20H22N4O4. The van der Waals surface area contributed by atoms with Crippen molar-refractivity contribution >= 4 is 46.4 Å². The molecule has 2 aromatic rings. The van der Waals surface area contributed by atoms with Crippen LogP contribution in [-0.4, -0.2) is 23.6 Å². The van der Waals surface area contributed by atoms with Gasteiger partial charge in [0.05, 0.1) is 0 Å². The molecule has 0 bridgehead atoms. The van der Waals surface area contributed by atoms with Gasteiger partial charge in [0.1, 0.15) is 0 Å². The molecule has 0 unspecified atom stereocenters. The molecule has 0 aliphatic carbocycles. The maximum atomic E-state index is 12.6. The van der Waals surface area contributed by atoms with Crippen LogP contribution in [0.1, 0.15) is 37.6 Å². The molecule has 0 aromatic heterocycles. The summed E-state index contributed by atoms with van der Waals surface area (Å²) in [6, 6.07) is 11.3. The molecule has 0 aliphatic heterocycles. The van der Waals surface area contributed by atoms with Crippen molar-refractivity contribution in [1.82, 2.24) is 0 Å². The lowest BCUT2D eigenvalue weighted by atomic mass is 10.1. The third-order valence-electron chi connectivity index (χ3n) is 3.58. The zero-order valence-electron chi connectivity index (χ0n) is 15.9. The molecule has 0 heterocycles. The molecule has 0 saturated carbocycles. The number of nitrogens with one attached hydrogen (secondary N) is 4. The summed E-state index contributed by atoms with van der Waals surface area (Å²) in [4.78, 5) is 46.6. The van der Waals surface area contributed by atoms with Crippen LogP contribution in [0.2, 0.25) is 0 Å². The Morgan fingerprint density at radius 1 is 0.679 bits per heavy atom. The predicted octanol–water partition coefficient (Wildman–Crippen LogP) is 3.20. The largest absolute Gasteiger partial charge is 0.326 e. The topological polar surface area (TPSA) is 116 Å². The maximum absolute atomic E-state index is 12.6. The minimum absolute atomic E-state index is 0.0999. The van der Waals surface area contributed by atoms with Gasteiger partial charge in [-0.05, 0) is 42.5 Å². The van der Waals surface area contributed by atoms with Crippen LogP contribution in [0.25, 0.3) is 0 Å². The summed E-state index contributed by atoms with van der Waals surface area (Å²) in [5, 5.41) is 10.7. The summed E-state index contributed by atoms with van der Waals surface area (Å²) in [5.41, 5.74) is 2.21. The number of hydrogen-bond donors (Lipinski definition) is 4. The van der Waals surface area contributed by atoms with Crippen molar-refractivity contribution in [1.29, 1.82) is 0 Å². The Bertz CT molecular complexity index is 873. The molecule has 146 valence electrons. The van der Waals surface area contributed by atoms with Gasteiger partial charge in [0.25, 0.3) is 5.91 Å². The molecule has 2 rings (SSSR count). The first-order chi connectivity index (χ1) is 13.3. The van der Waals surface area contributed by atoms with Crippen molar-refractivity contribution in [3.05, 3.63) is 48.0 Å². The lowest BCUT2D eigenvalue weighted by Gasteiger charge is -2.11. The van der Waals surface area contributed by atoms with Gasteiger partial charge in [-0.2, -0.15) is 0 Å². The van der Waals surface area contributed by atoms with E-state index in [9.17, 15) is 19.2 Å². The smallest absolute Gasteiger partial charge is 0.255 e. The third kappa shape index (κ3) is 6.24. The molecule has 0 saturated heterocycles. The zero-order chi connectivity index (χ0) is 20.7. The first kappa shape index (κ1) is 20.6. The van der Waals surface area contributed by atoms with E-state index in [0.717, 1.165) is 0 Å². The predicted molar refractivity (Wildman–Crippen MR) is 108 cm³/mol. The van der Waals surface area contributed by atoms with Gasteiger partial charge < -0.3 is 21.3 Å². The van der Waals surface area contributed by atoms with E-state index in [-0.39, 0.29) is 23.3 Å². The molecule has 0 spiro atoms. The van der Waals surface area contributed by atoms with Gasteiger partial charge in [0.15, 0.2) is 0 Å². The van der Waals surface area contributed by atoms with Gasteiger partial charge in [0.2, 0.25) is 17.7 Å². The van der Waals surface area contributed by atoms with E-state index in [1.165, 1.54) is 26.0 Å². The monoisotopic (exact) mass is 382 g/mol. The minimum Gasteiger partial charge on any atom is -0.326 e. The Morgan fingerprint density at radius 2 is 1.14 bits per heavy atom. The van der Waals surface area contributed by atoms with Crippen LogP contribution in [0.4, 0.5) is 22.7 Å². The number of carbonyl (C=O) groups is 4. The molecular weight excluding hydrogens is 360 g/mol. The summed E-state index contributed by atoms with van der Waals surface area (Å²) in [6.07, 6.45) is 0.375. The lowest BCUT2D eigenvalue weighted by Crippen LogP contribution is -2.15. The lowest BCUT2D eigenvalue weighted by molar-refractivity contribution is -0.116. The fourth-order valence-corrected chi connectivity index (χ4v) is 2.40. The second-order valence-corrected chi connectivity index (χ2v) is 6.09. The first-order valence-corrected chi connectivity index (χ1v) is 8.68. The van der Waals surface area contributed by atoms with Crippen LogP contribution < -0.4 is 21.3 Å².